The summed E-state index contributed by atoms with van der Waals surface area (Å²) in [6.07, 6.45) is 2.15. The summed E-state index contributed by atoms with van der Waals surface area (Å²) in [6.45, 7) is 2.24. The number of hydrogen-bond donors (Lipinski definition) is 1. The lowest BCUT2D eigenvalue weighted by molar-refractivity contribution is 0.475. The summed E-state index contributed by atoms with van der Waals surface area (Å²) in [5, 5.41) is 3.38. The van der Waals surface area contributed by atoms with E-state index in [0.717, 1.165) is 17.1 Å². The Hall–Kier alpha value is -0.690. The number of halogens is 2. The molecule has 0 aliphatic heterocycles. The van der Waals surface area contributed by atoms with E-state index in [2.05, 4.69) is 5.32 Å². The number of hydrogen-bond acceptors (Lipinski definition) is 3. The van der Waals surface area contributed by atoms with Crippen LogP contribution in [0.3, 0.4) is 0 Å². The van der Waals surface area contributed by atoms with E-state index in [1.807, 2.05) is 0 Å². The van der Waals surface area contributed by atoms with E-state index in [-0.39, 0.29) is 28.6 Å². The molecule has 1 aliphatic carbocycles. The molecule has 112 valence electrons. The van der Waals surface area contributed by atoms with Gasteiger partial charge in [-0.1, -0.05) is 18.5 Å². The lowest BCUT2D eigenvalue weighted by Gasteiger charge is -2.17. The van der Waals surface area contributed by atoms with Crippen molar-refractivity contribution >= 4 is 21.6 Å². The summed E-state index contributed by atoms with van der Waals surface area (Å²) in [5.41, 5.74) is 0.285. The van der Waals surface area contributed by atoms with Crippen LogP contribution in [-0.4, -0.2) is 32.4 Å². The van der Waals surface area contributed by atoms with Gasteiger partial charge in [-0.05, 0) is 25.0 Å². The highest BCUT2D eigenvalue weighted by atomic mass is 35.5. The van der Waals surface area contributed by atoms with Crippen LogP contribution in [0.5, 0.6) is 0 Å². The molecule has 0 spiro atoms. The van der Waals surface area contributed by atoms with Gasteiger partial charge in [-0.2, -0.15) is 0 Å². The molecule has 1 saturated carbocycles. The van der Waals surface area contributed by atoms with Crippen molar-refractivity contribution in [3.05, 3.63) is 28.5 Å². The van der Waals surface area contributed by atoms with Crippen LogP contribution in [0.1, 0.15) is 25.3 Å². The quantitative estimate of drug-likeness (QED) is 0.875. The third-order valence-electron chi connectivity index (χ3n) is 3.37. The van der Waals surface area contributed by atoms with Crippen LogP contribution in [0.25, 0.3) is 0 Å². The lowest BCUT2D eigenvalue weighted by Crippen LogP contribution is -2.28. The van der Waals surface area contributed by atoms with Crippen molar-refractivity contribution < 1.29 is 12.8 Å². The predicted octanol–water partition coefficient (Wildman–Crippen LogP) is 2.37. The second-order valence-corrected chi connectivity index (χ2v) is 7.40. The number of nitrogens with zero attached hydrogens (tertiary/aromatic N) is 1. The average molecular weight is 321 g/mol. The first-order valence-corrected chi connectivity index (χ1v) is 8.35. The van der Waals surface area contributed by atoms with Gasteiger partial charge >= 0.3 is 0 Å². The number of nitrogens with one attached hydrogen (secondary N) is 1. The zero-order chi connectivity index (χ0) is 14.9. The van der Waals surface area contributed by atoms with E-state index in [0.29, 0.717) is 6.04 Å². The third kappa shape index (κ3) is 3.31. The second-order valence-electron chi connectivity index (χ2n) is 4.95. The van der Waals surface area contributed by atoms with E-state index in [4.69, 9.17) is 11.6 Å². The van der Waals surface area contributed by atoms with Gasteiger partial charge in [0.25, 0.3) is 0 Å². The third-order valence-corrected chi connectivity index (χ3v) is 5.52. The van der Waals surface area contributed by atoms with Crippen LogP contribution in [0.4, 0.5) is 4.39 Å². The fourth-order valence-corrected chi connectivity index (χ4v) is 3.43. The molecule has 2 rings (SSSR count). The number of benzene rings is 1. The molecule has 1 N–H and O–H groups in total. The molecule has 0 bridgehead atoms. The van der Waals surface area contributed by atoms with Crippen LogP contribution in [-0.2, 0) is 16.6 Å². The van der Waals surface area contributed by atoms with Crippen LogP contribution >= 0.6 is 11.6 Å². The van der Waals surface area contributed by atoms with Gasteiger partial charge in [-0.15, -0.1) is 0 Å². The fourth-order valence-electron chi connectivity index (χ4n) is 1.81. The van der Waals surface area contributed by atoms with Gasteiger partial charge in [0.1, 0.15) is 10.7 Å². The molecule has 0 radical (unpaired) electrons. The van der Waals surface area contributed by atoms with Crippen molar-refractivity contribution in [1.29, 1.82) is 0 Å². The zero-order valence-corrected chi connectivity index (χ0v) is 13.1. The van der Waals surface area contributed by atoms with Crippen molar-refractivity contribution in [1.82, 2.24) is 9.62 Å². The first kappa shape index (κ1) is 15.7. The normalized spacial score (nSPS) is 15.8. The minimum atomic E-state index is -3.84. The maximum atomic E-state index is 14.4. The van der Waals surface area contributed by atoms with Crippen molar-refractivity contribution in [3.63, 3.8) is 0 Å². The first-order chi connectivity index (χ1) is 9.36. The molecular formula is C13H18ClFN2O2S. The zero-order valence-electron chi connectivity index (χ0n) is 11.5. The minimum absolute atomic E-state index is 0.224. The molecular weight excluding hydrogens is 303 g/mol. The van der Waals surface area contributed by atoms with Crippen LogP contribution < -0.4 is 5.32 Å². The topological polar surface area (TPSA) is 49.4 Å². The summed E-state index contributed by atoms with van der Waals surface area (Å²) in [5.74, 6) is -0.720. The summed E-state index contributed by atoms with van der Waals surface area (Å²) >= 11 is 5.93. The van der Waals surface area contributed by atoms with Crippen molar-refractivity contribution in [3.8, 4) is 0 Å². The Morgan fingerprint density at radius 1 is 1.45 bits per heavy atom. The molecule has 0 saturated heterocycles. The van der Waals surface area contributed by atoms with E-state index in [1.165, 1.54) is 19.2 Å². The largest absolute Gasteiger partial charge is 0.310 e. The van der Waals surface area contributed by atoms with Gasteiger partial charge in [0, 0.05) is 36.8 Å². The second kappa shape index (κ2) is 5.97. The maximum absolute atomic E-state index is 14.4. The predicted molar refractivity (Wildman–Crippen MR) is 76.8 cm³/mol. The van der Waals surface area contributed by atoms with Gasteiger partial charge < -0.3 is 5.32 Å². The van der Waals surface area contributed by atoms with Gasteiger partial charge in [0.15, 0.2) is 0 Å². The highest BCUT2D eigenvalue weighted by molar-refractivity contribution is 7.89. The monoisotopic (exact) mass is 320 g/mol. The van der Waals surface area contributed by atoms with Crippen LogP contribution in [0.15, 0.2) is 17.0 Å². The Kier molecular flexibility index (Phi) is 4.69. The molecule has 1 aliphatic rings. The average Bonchev–Trinajstić information content (AvgIpc) is 3.22. The minimum Gasteiger partial charge on any atom is -0.310 e. The molecule has 7 heteroatoms. The Morgan fingerprint density at radius 3 is 2.65 bits per heavy atom. The standard InChI is InChI=1S/C13H18ClFN2O2S/c1-3-17(2)20(18,19)12-7-10(14)6-9(13(12)15)8-16-11-4-5-11/h6-7,11,16H,3-5,8H2,1-2H3. The van der Waals surface area contributed by atoms with E-state index in [1.54, 1.807) is 6.92 Å². The van der Waals surface area contributed by atoms with E-state index in [9.17, 15) is 12.8 Å². The Morgan fingerprint density at radius 2 is 2.10 bits per heavy atom. The fraction of sp³-hybridized carbons (Fsp3) is 0.538. The van der Waals surface area contributed by atoms with Gasteiger partial charge in [0.05, 0.1) is 0 Å². The lowest BCUT2D eigenvalue weighted by atomic mass is 10.2. The molecule has 0 heterocycles. The molecule has 1 aromatic carbocycles. The summed E-state index contributed by atoms with van der Waals surface area (Å²) in [7, 11) is -2.43. The molecule has 0 amide bonds. The SMILES string of the molecule is CCN(C)S(=O)(=O)c1cc(Cl)cc(CNC2CC2)c1F. The molecule has 0 unspecified atom stereocenters. The molecule has 1 fully saturated rings. The van der Waals surface area contributed by atoms with Crippen molar-refractivity contribution in [2.24, 2.45) is 0 Å². The molecule has 20 heavy (non-hydrogen) atoms. The van der Waals surface area contributed by atoms with Crippen LogP contribution in [0.2, 0.25) is 5.02 Å². The smallest absolute Gasteiger partial charge is 0.245 e. The Balaban J connectivity index is 2.37. The summed E-state index contributed by atoms with van der Waals surface area (Å²) in [4.78, 5) is -0.359. The van der Waals surface area contributed by atoms with Crippen molar-refractivity contribution in [2.75, 3.05) is 13.6 Å². The van der Waals surface area contributed by atoms with E-state index >= 15 is 0 Å². The Bertz CT molecular complexity index is 603. The van der Waals surface area contributed by atoms with Gasteiger partial charge in [-0.3, -0.25) is 0 Å². The van der Waals surface area contributed by atoms with Crippen molar-refractivity contribution in [2.45, 2.75) is 37.2 Å². The molecule has 0 atom stereocenters. The highest BCUT2D eigenvalue weighted by Crippen LogP contribution is 2.27. The molecule has 0 aromatic heterocycles. The van der Waals surface area contributed by atoms with Gasteiger partial charge in [-0.25, -0.2) is 17.1 Å². The summed E-state index contributed by atoms with van der Waals surface area (Å²) in [6, 6.07) is 3.04. The van der Waals surface area contributed by atoms with E-state index < -0.39 is 15.8 Å². The number of rotatable bonds is 6. The summed E-state index contributed by atoms with van der Waals surface area (Å²) < 4.78 is 40.0. The van der Waals surface area contributed by atoms with Gasteiger partial charge in [0.2, 0.25) is 10.0 Å². The highest BCUT2D eigenvalue weighted by Gasteiger charge is 2.27. The first-order valence-electron chi connectivity index (χ1n) is 6.54. The number of sulfonamides is 1. The molecule has 4 nitrogen and oxygen atoms in total. The maximum Gasteiger partial charge on any atom is 0.245 e. The van der Waals surface area contributed by atoms with Crippen LogP contribution in [0, 0.1) is 5.82 Å². The Labute approximate surface area is 124 Å². The molecule has 1 aromatic rings.